The van der Waals surface area contributed by atoms with Gasteiger partial charge < -0.3 is 29.3 Å². The number of fused-ring (bicyclic) bond motifs is 1. The second-order valence-corrected chi connectivity index (χ2v) is 11.9. The number of amides is 2. The van der Waals surface area contributed by atoms with E-state index in [2.05, 4.69) is 25.1 Å². The fraction of sp³-hybridized carbons (Fsp3) is 0.500. The molecule has 0 saturated carbocycles. The van der Waals surface area contributed by atoms with Crippen molar-refractivity contribution < 1.29 is 37.9 Å². The van der Waals surface area contributed by atoms with Gasteiger partial charge in [-0.15, -0.1) is 0 Å². The van der Waals surface area contributed by atoms with E-state index >= 15 is 0 Å². The van der Waals surface area contributed by atoms with Gasteiger partial charge in [0.05, 0.1) is 12.4 Å². The summed E-state index contributed by atoms with van der Waals surface area (Å²) in [5.74, 6) is -2.67. The van der Waals surface area contributed by atoms with Gasteiger partial charge in [0.1, 0.15) is 25.1 Å². The molecule has 2 amide bonds. The lowest BCUT2D eigenvalue weighted by atomic mass is 10.1. The van der Waals surface area contributed by atoms with Crippen molar-refractivity contribution in [2.24, 2.45) is 0 Å². The molecule has 242 valence electrons. The van der Waals surface area contributed by atoms with Crippen LogP contribution in [0.3, 0.4) is 0 Å². The molecule has 13 nitrogen and oxygen atoms in total. The van der Waals surface area contributed by atoms with Crippen LogP contribution in [0.25, 0.3) is 16.0 Å². The Morgan fingerprint density at radius 1 is 1.20 bits per heavy atom. The normalized spacial score (nSPS) is 21.2. The van der Waals surface area contributed by atoms with Crippen molar-refractivity contribution in [2.45, 2.75) is 77.3 Å². The Balaban J connectivity index is 1.73. The number of rotatable bonds is 12. The topological polar surface area (TPSA) is 137 Å². The van der Waals surface area contributed by atoms with E-state index in [9.17, 15) is 22.8 Å². The summed E-state index contributed by atoms with van der Waals surface area (Å²) in [7, 11) is -1.99. The Hall–Kier alpha value is -3.74. The van der Waals surface area contributed by atoms with Crippen LogP contribution in [0.4, 0.5) is 19.0 Å². The lowest BCUT2D eigenvalue weighted by Crippen LogP contribution is -2.51. The maximum atomic E-state index is 13.6. The van der Waals surface area contributed by atoms with Crippen molar-refractivity contribution in [1.82, 2.24) is 29.5 Å². The van der Waals surface area contributed by atoms with E-state index in [1.54, 1.807) is 30.3 Å². The molecule has 0 bridgehead atoms. The zero-order chi connectivity index (χ0) is 33.6. The molecule has 0 radical (unpaired) electrons. The summed E-state index contributed by atoms with van der Waals surface area (Å²) in [6.07, 6.45) is -6.62. The van der Waals surface area contributed by atoms with Crippen molar-refractivity contribution in [1.29, 1.82) is 0 Å². The number of alkyl halides is 3. The van der Waals surface area contributed by atoms with Gasteiger partial charge >= 0.3 is 12.1 Å². The van der Waals surface area contributed by atoms with Crippen molar-refractivity contribution in [3.05, 3.63) is 60.0 Å². The van der Waals surface area contributed by atoms with Crippen LogP contribution in [0, 0.1) is 6.57 Å². The SMILES string of the molecule is [2H]C[C@H]1O[C@@H](n2cnc3c(NC(=O)c4ccccc4)ncnc32)C(NC(=O)C(F)(F)F)C1OP(OCC[N+]#[C-])N(C(C)C)C(C)C. The highest BCUT2D eigenvalue weighted by atomic mass is 31.2. The van der Waals surface area contributed by atoms with Gasteiger partial charge in [-0.1, -0.05) is 18.2 Å². The zero-order valence-electron chi connectivity index (χ0n) is 25.9. The zero-order valence-corrected chi connectivity index (χ0v) is 25.8. The Bertz CT molecular complexity index is 1530. The van der Waals surface area contributed by atoms with Crippen LogP contribution in [0.2, 0.25) is 0 Å². The van der Waals surface area contributed by atoms with Gasteiger partial charge in [0.25, 0.3) is 14.4 Å². The van der Waals surface area contributed by atoms with Crippen LogP contribution in [0.1, 0.15) is 52.6 Å². The predicted octanol–water partition coefficient (Wildman–Crippen LogP) is 4.71. The molecule has 1 saturated heterocycles. The summed E-state index contributed by atoms with van der Waals surface area (Å²) in [5, 5.41) is 4.66. The quantitative estimate of drug-likeness (QED) is 0.162. The van der Waals surface area contributed by atoms with Crippen LogP contribution in [0.15, 0.2) is 43.0 Å². The molecule has 4 rings (SSSR count). The van der Waals surface area contributed by atoms with Crippen LogP contribution < -0.4 is 10.6 Å². The van der Waals surface area contributed by atoms with Gasteiger partial charge in [-0.3, -0.25) is 14.2 Å². The van der Waals surface area contributed by atoms with E-state index in [1.165, 1.54) is 10.9 Å². The minimum atomic E-state index is -5.24. The molecule has 1 aliphatic rings. The van der Waals surface area contributed by atoms with Gasteiger partial charge in [-0.05, 0) is 46.7 Å². The predicted molar refractivity (Wildman–Crippen MR) is 159 cm³/mol. The number of hydrogen-bond donors (Lipinski definition) is 2. The number of carbonyl (C=O) groups excluding carboxylic acids is 2. The Kier molecular flexibility index (Phi) is 10.6. The average molecular weight is 652 g/mol. The maximum Gasteiger partial charge on any atom is 0.471 e. The average Bonchev–Trinajstić information content (AvgIpc) is 3.58. The van der Waals surface area contributed by atoms with Gasteiger partial charge in [0.15, 0.2) is 23.2 Å². The highest BCUT2D eigenvalue weighted by Gasteiger charge is 2.51. The third-order valence-corrected chi connectivity index (χ3v) is 8.79. The number of carbonyl (C=O) groups is 2. The Labute approximate surface area is 260 Å². The van der Waals surface area contributed by atoms with E-state index in [4.69, 9.17) is 21.7 Å². The number of hydrogen-bond acceptors (Lipinski definition) is 9. The number of anilines is 1. The largest absolute Gasteiger partial charge is 0.471 e. The number of nitrogens with zero attached hydrogens (tertiary/aromatic N) is 6. The summed E-state index contributed by atoms with van der Waals surface area (Å²) in [6.45, 7) is 14.2. The van der Waals surface area contributed by atoms with Crippen molar-refractivity contribution in [3.8, 4) is 0 Å². The number of nitrogens with one attached hydrogen (secondary N) is 2. The van der Waals surface area contributed by atoms with Gasteiger partial charge in [0.2, 0.25) is 6.54 Å². The third-order valence-electron chi connectivity index (χ3n) is 6.66. The summed E-state index contributed by atoms with van der Waals surface area (Å²) >= 11 is 0. The molecule has 0 spiro atoms. The molecule has 1 fully saturated rings. The third kappa shape index (κ3) is 7.92. The van der Waals surface area contributed by atoms with Gasteiger partial charge in [0, 0.05) is 19.0 Å². The fourth-order valence-corrected chi connectivity index (χ4v) is 6.56. The van der Waals surface area contributed by atoms with Gasteiger partial charge in [-0.25, -0.2) is 26.2 Å². The van der Waals surface area contributed by atoms with E-state index < -0.39 is 57.9 Å². The molecule has 2 N–H and O–H groups in total. The van der Waals surface area contributed by atoms with Crippen molar-refractivity contribution in [3.63, 3.8) is 0 Å². The van der Waals surface area contributed by atoms with Crippen molar-refractivity contribution in [2.75, 3.05) is 18.5 Å². The Morgan fingerprint density at radius 3 is 2.53 bits per heavy atom. The van der Waals surface area contributed by atoms with Crippen LogP contribution in [-0.4, -0.2) is 85.7 Å². The minimum absolute atomic E-state index is 0.00613. The summed E-state index contributed by atoms with van der Waals surface area (Å²) in [5.41, 5.74) is 0.548. The number of halogens is 3. The first-order chi connectivity index (χ1) is 21.9. The second kappa shape index (κ2) is 14.6. The molecule has 17 heteroatoms. The first-order valence-corrected chi connectivity index (χ1v) is 15.1. The Morgan fingerprint density at radius 2 is 1.91 bits per heavy atom. The number of ether oxygens (including phenoxy) is 1. The number of aromatic nitrogens is 4. The maximum absolute atomic E-state index is 13.6. The molecule has 3 unspecified atom stereocenters. The molecule has 1 aromatic carbocycles. The van der Waals surface area contributed by atoms with E-state index in [0.717, 1.165) is 6.33 Å². The highest BCUT2D eigenvalue weighted by molar-refractivity contribution is 7.44. The molecule has 45 heavy (non-hydrogen) atoms. The van der Waals surface area contributed by atoms with E-state index in [1.807, 2.05) is 37.7 Å². The van der Waals surface area contributed by atoms with E-state index in [-0.39, 0.29) is 42.2 Å². The lowest BCUT2D eigenvalue weighted by Gasteiger charge is -2.38. The standard InChI is InChI=1S/C28H34F3N8O5P/c1-16(2)39(17(3)4)45(42-13-12-32-6)44-22-18(5)43-26(20(22)36-27(41)28(29,30)31)38-15-35-21-23(33-14-34-24(21)38)37-25(40)19-10-8-7-9-11-19/h7-11,14-18,20,22,26H,12-13H2,1-5H3,(H,36,41)(H,33,34,37,40)/t18-,20?,22?,26-,45?/m1/s1/i5D. The molecular formula is C28H34F3N8O5P. The first-order valence-electron chi connectivity index (χ1n) is 14.7. The van der Waals surface area contributed by atoms with Crippen LogP contribution in [0.5, 0.6) is 0 Å². The monoisotopic (exact) mass is 651 g/mol. The number of imidazole rings is 1. The molecule has 1 aliphatic heterocycles. The molecule has 3 aromatic rings. The summed E-state index contributed by atoms with van der Waals surface area (Å²) < 4.78 is 70.5. The molecular weight excluding hydrogens is 616 g/mol. The van der Waals surface area contributed by atoms with Crippen molar-refractivity contribution >= 4 is 37.3 Å². The summed E-state index contributed by atoms with van der Waals surface area (Å²) in [4.78, 5) is 41.1. The molecule has 2 aromatic heterocycles. The number of benzene rings is 1. The molecule has 0 aliphatic carbocycles. The minimum Gasteiger partial charge on any atom is -0.350 e. The van der Waals surface area contributed by atoms with Crippen LogP contribution in [-0.2, 0) is 18.6 Å². The fourth-order valence-electron chi connectivity index (χ4n) is 4.79. The summed E-state index contributed by atoms with van der Waals surface area (Å²) in [6, 6.07) is 6.59. The van der Waals surface area contributed by atoms with Gasteiger partial charge in [-0.2, -0.15) is 13.2 Å². The second-order valence-electron chi connectivity index (χ2n) is 10.5. The molecule has 3 heterocycles. The first kappa shape index (κ1) is 32.6. The van der Waals surface area contributed by atoms with Crippen LogP contribution >= 0.6 is 8.53 Å². The smallest absolute Gasteiger partial charge is 0.350 e. The molecule has 5 atom stereocenters. The lowest BCUT2D eigenvalue weighted by molar-refractivity contribution is -0.175. The van der Waals surface area contributed by atoms with E-state index in [0.29, 0.717) is 5.56 Å². The highest BCUT2D eigenvalue weighted by Crippen LogP contribution is 2.50.